The van der Waals surface area contributed by atoms with E-state index in [4.69, 9.17) is 0 Å². The lowest BCUT2D eigenvalue weighted by atomic mass is 9.51. The molecule has 2 unspecified atom stereocenters. The van der Waals surface area contributed by atoms with Crippen molar-refractivity contribution in [3.8, 4) is 17.6 Å². The van der Waals surface area contributed by atoms with E-state index >= 15 is 0 Å². The van der Waals surface area contributed by atoms with E-state index in [0.29, 0.717) is 29.4 Å². The van der Waals surface area contributed by atoms with Gasteiger partial charge in [0.05, 0.1) is 6.10 Å². The quantitative estimate of drug-likeness (QED) is 0.758. The second-order valence-corrected chi connectivity index (χ2v) is 8.41. The lowest BCUT2D eigenvalue weighted by Gasteiger charge is -2.53. The summed E-state index contributed by atoms with van der Waals surface area (Å²) in [5.74, 6) is 9.12. The number of hydrogen-bond acceptors (Lipinski definition) is 2. The number of fused-ring (bicyclic) bond motifs is 5. The summed E-state index contributed by atoms with van der Waals surface area (Å²) >= 11 is 0. The number of hydrogen-bond donors (Lipinski definition) is 2. The van der Waals surface area contributed by atoms with Gasteiger partial charge in [-0.05, 0) is 91.4 Å². The van der Waals surface area contributed by atoms with Crippen LogP contribution in [0.3, 0.4) is 0 Å². The van der Waals surface area contributed by atoms with Crippen molar-refractivity contribution < 1.29 is 10.2 Å². The largest absolute Gasteiger partial charge is 0.508 e. The number of aromatic hydroxyl groups is 1. The monoisotopic (exact) mass is 324 g/mol. The summed E-state index contributed by atoms with van der Waals surface area (Å²) in [6, 6.07) is 5.97. The van der Waals surface area contributed by atoms with E-state index in [-0.39, 0.29) is 11.5 Å². The molecule has 0 heterocycles. The van der Waals surface area contributed by atoms with Crippen LogP contribution in [0.2, 0.25) is 0 Å². The average Bonchev–Trinajstić information content (AvgIpc) is 2.87. The molecule has 2 N–H and O–H groups in total. The maximum atomic E-state index is 10.7. The van der Waals surface area contributed by atoms with Crippen LogP contribution in [0.25, 0.3) is 0 Å². The molecular weight excluding hydrogens is 296 g/mol. The van der Waals surface area contributed by atoms with Crippen molar-refractivity contribution in [3.63, 3.8) is 0 Å². The summed E-state index contributed by atoms with van der Waals surface area (Å²) in [6.45, 7) is 4.24. The van der Waals surface area contributed by atoms with Gasteiger partial charge < -0.3 is 10.2 Å². The zero-order valence-corrected chi connectivity index (χ0v) is 14.8. The topological polar surface area (TPSA) is 40.5 Å². The number of aliphatic hydroxyl groups is 1. The van der Waals surface area contributed by atoms with Gasteiger partial charge in [0.15, 0.2) is 0 Å². The van der Waals surface area contributed by atoms with Gasteiger partial charge in [0.1, 0.15) is 5.75 Å². The fourth-order valence-corrected chi connectivity index (χ4v) is 6.28. The van der Waals surface area contributed by atoms with Crippen molar-refractivity contribution in [3.05, 3.63) is 29.3 Å². The average molecular weight is 324 g/mol. The minimum Gasteiger partial charge on any atom is -0.508 e. The predicted octanol–water partition coefficient (Wildman–Crippen LogP) is 4.25. The van der Waals surface area contributed by atoms with Crippen LogP contribution in [0, 0.1) is 35.0 Å². The smallest absolute Gasteiger partial charge is 0.115 e. The summed E-state index contributed by atoms with van der Waals surface area (Å²) < 4.78 is 0. The molecule has 0 aromatic heterocycles. The Balaban J connectivity index is 1.77. The number of rotatable bonds is 1. The number of phenols is 1. The minimum absolute atomic E-state index is 0.0652. The molecule has 1 aromatic carbocycles. The third kappa shape index (κ3) is 2.29. The van der Waals surface area contributed by atoms with Crippen molar-refractivity contribution in [1.82, 2.24) is 0 Å². The van der Waals surface area contributed by atoms with Crippen LogP contribution in [0.1, 0.15) is 63.0 Å². The lowest BCUT2D eigenvalue weighted by Crippen LogP contribution is -2.47. The normalized spacial score (nSPS) is 40.0. The van der Waals surface area contributed by atoms with Gasteiger partial charge in [0.2, 0.25) is 0 Å². The van der Waals surface area contributed by atoms with Gasteiger partial charge in [0, 0.05) is 6.42 Å². The van der Waals surface area contributed by atoms with Gasteiger partial charge in [0.25, 0.3) is 0 Å². The molecule has 2 nitrogen and oxygen atoms in total. The Kier molecular flexibility index (Phi) is 3.88. The van der Waals surface area contributed by atoms with Crippen LogP contribution >= 0.6 is 0 Å². The van der Waals surface area contributed by atoms with Crippen LogP contribution in [-0.4, -0.2) is 16.3 Å². The Morgan fingerprint density at radius 1 is 1.25 bits per heavy atom. The fourth-order valence-electron chi connectivity index (χ4n) is 6.28. The summed E-state index contributed by atoms with van der Waals surface area (Å²) in [7, 11) is 0. The maximum absolute atomic E-state index is 10.7. The summed E-state index contributed by atoms with van der Waals surface area (Å²) in [5.41, 5.74) is 2.83. The summed E-state index contributed by atoms with van der Waals surface area (Å²) in [6.07, 6.45) is 6.21. The SMILES string of the molecule is CC#CCC1C[C@]2(C)[C@@H](O)CC[C@H]2[C@@H]2CCc3cc(O)ccc3C12. The number of benzene rings is 1. The Hall–Kier alpha value is -1.46. The highest BCUT2D eigenvalue weighted by Crippen LogP contribution is 2.63. The van der Waals surface area contributed by atoms with Crippen molar-refractivity contribution in [1.29, 1.82) is 0 Å². The first-order valence-corrected chi connectivity index (χ1v) is 9.44. The van der Waals surface area contributed by atoms with E-state index in [1.807, 2.05) is 19.1 Å². The zero-order valence-electron chi connectivity index (χ0n) is 14.8. The molecular formula is C22H28O2. The van der Waals surface area contributed by atoms with Crippen molar-refractivity contribution in [2.24, 2.45) is 23.2 Å². The Bertz CT molecular complexity index is 698. The number of aliphatic hydroxyl groups excluding tert-OH is 1. The molecule has 0 radical (unpaired) electrons. The maximum Gasteiger partial charge on any atom is 0.115 e. The highest BCUT2D eigenvalue weighted by atomic mass is 16.3. The summed E-state index contributed by atoms with van der Waals surface area (Å²) in [5, 5.41) is 20.5. The van der Waals surface area contributed by atoms with Gasteiger partial charge in [-0.25, -0.2) is 0 Å². The first kappa shape index (κ1) is 16.0. The molecule has 2 fully saturated rings. The molecule has 4 rings (SSSR count). The third-order valence-corrected chi connectivity index (χ3v) is 7.32. The Morgan fingerprint density at radius 2 is 2.08 bits per heavy atom. The minimum atomic E-state index is -0.151. The molecule has 0 bridgehead atoms. The Labute approximate surface area is 145 Å². The van der Waals surface area contributed by atoms with E-state index in [9.17, 15) is 10.2 Å². The molecule has 0 amide bonds. The van der Waals surface area contributed by atoms with Gasteiger partial charge in [-0.15, -0.1) is 11.8 Å². The first-order chi connectivity index (χ1) is 11.5. The molecule has 3 aliphatic rings. The molecule has 1 aromatic rings. The fraction of sp³-hybridized carbons (Fsp3) is 0.636. The van der Waals surface area contributed by atoms with Gasteiger partial charge in [-0.1, -0.05) is 13.0 Å². The third-order valence-electron chi connectivity index (χ3n) is 7.32. The second kappa shape index (κ2) is 5.81. The van der Waals surface area contributed by atoms with Crippen molar-refractivity contribution >= 4 is 0 Å². The van der Waals surface area contributed by atoms with E-state index < -0.39 is 0 Å². The van der Waals surface area contributed by atoms with Crippen LogP contribution in [-0.2, 0) is 6.42 Å². The zero-order chi connectivity index (χ0) is 16.9. The van der Waals surface area contributed by atoms with Crippen LogP contribution in [0.15, 0.2) is 18.2 Å². The standard InChI is InChI=1S/C22H28O2/c1-3-4-5-15-13-22(2)19(10-11-20(22)24)18-8-6-14-12-16(23)7-9-17(14)21(15)18/h7,9,12,15,18-21,23-24H,5-6,8,10-11,13H2,1-2H3/t15?,18-,19-,20-,21?,22-/m0/s1. The summed E-state index contributed by atoms with van der Waals surface area (Å²) in [4.78, 5) is 0. The second-order valence-electron chi connectivity index (χ2n) is 8.41. The number of phenolic OH excluding ortho intramolecular Hbond substituents is 1. The van der Waals surface area contributed by atoms with Gasteiger partial charge in [-0.2, -0.15) is 0 Å². The molecule has 2 heteroatoms. The molecule has 3 aliphatic carbocycles. The van der Waals surface area contributed by atoms with E-state index in [0.717, 1.165) is 25.7 Å². The molecule has 24 heavy (non-hydrogen) atoms. The van der Waals surface area contributed by atoms with Crippen LogP contribution in [0.4, 0.5) is 0 Å². The molecule has 0 saturated heterocycles. The lowest BCUT2D eigenvalue weighted by molar-refractivity contribution is -0.0469. The first-order valence-electron chi connectivity index (χ1n) is 9.44. The van der Waals surface area contributed by atoms with Gasteiger partial charge >= 0.3 is 0 Å². The highest BCUT2D eigenvalue weighted by Gasteiger charge is 2.57. The molecule has 128 valence electrons. The molecule has 0 aliphatic heterocycles. The Morgan fingerprint density at radius 3 is 2.88 bits per heavy atom. The van der Waals surface area contributed by atoms with E-state index in [2.05, 4.69) is 24.8 Å². The van der Waals surface area contributed by atoms with Crippen molar-refractivity contribution in [2.75, 3.05) is 0 Å². The van der Waals surface area contributed by atoms with Crippen molar-refractivity contribution in [2.45, 2.75) is 64.4 Å². The predicted molar refractivity (Wildman–Crippen MR) is 95.7 cm³/mol. The molecule has 0 spiro atoms. The highest BCUT2D eigenvalue weighted by molar-refractivity contribution is 5.41. The van der Waals surface area contributed by atoms with Gasteiger partial charge in [-0.3, -0.25) is 0 Å². The van der Waals surface area contributed by atoms with E-state index in [1.54, 1.807) is 0 Å². The van der Waals surface area contributed by atoms with Crippen LogP contribution in [0.5, 0.6) is 5.75 Å². The van der Waals surface area contributed by atoms with E-state index in [1.165, 1.54) is 24.0 Å². The molecule has 2 saturated carbocycles. The van der Waals surface area contributed by atoms with Crippen LogP contribution < -0.4 is 0 Å². The number of aryl methyl sites for hydroxylation is 1. The molecule has 6 atom stereocenters.